The molecule has 1 aliphatic heterocycles. The third kappa shape index (κ3) is 3.03. The van der Waals surface area contributed by atoms with Crippen LogP contribution in [0, 0.1) is 0 Å². The number of imidazole rings is 1. The van der Waals surface area contributed by atoms with Gasteiger partial charge >= 0.3 is 6.03 Å². The van der Waals surface area contributed by atoms with Crippen LogP contribution in [0.4, 0.5) is 4.79 Å². The summed E-state index contributed by atoms with van der Waals surface area (Å²) in [5.74, 6) is 0.746. The Balaban J connectivity index is 1.61. The van der Waals surface area contributed by atoms with Crippen LogP contribution in [0.25, 0.3) is 11.0 Å². The molecule has 0 fully saturated rings. The molecule has 3 rings (SSSR count). The second-order valence-electron chi connectivity index (χ2n) is 4.72. The summed E-state index contributed by atoms with van der Waals surface area (Å²) in [4.78, 5) is 21.5. The molecule has 0 aliphatic carbocycles. The van der Waals surface area contributed by atoms with Gasteiger partial charge in [-0.05, 0) is 30.5 Å². The van der Waals surface area contributed by atoms with Crippen LogP contribution in [0.2, 0.25) is 0 Å². The number of carbonyl (C=O) groups is 1. The number of urea groups is 1. The maximum Gasteiger partial charge on any atom is 0.322 e. The number of nitrogens with zero attached hydrogens (tertiary/aromatic N) is 2. The van der Waals surface area contributed by atoms with Gasteiger partial charge in [0.2, 0.25) is 0 Å². The number of benzene rings is 1. The molecule has 1 aromatic heterocycles. The highest BCUT2D eigenvalue weighted by atomic mass is 32.2. The summed E-state index contributed by atoms with van der Waals surface area (Å²) in [6.45, 7) is 0.935. The quantitative estimate of drug-likeness (QED) is 0.806. The van der Waals surface area contributed by atoms with E-state index in [0.29, 0.717) is 13.1 Å². The van der Waals surface area contributed by atoms with Crippen LogP contribution in [-0.2, 0) is 6.54 Å². The minimum atomic E-state index is -0.129. The third-order valence-corrected chi connectivity index (χ3v) is 4.32. The van der Waals surface area contributed by atoms with E-state index in [-0.39, 0.29) is 11.4 Å². The number of nitrogens with one attached hydrogen (secondary N) is 2. The zero-order valence-electron chi connectivity index (χ0n) is 11.5. The Labute approximate surface area is 126 Å². The summed E-state index contributed by atoms with van der Waals surface area (Å²) in [6, 6.07) is 7.66. The van der Waals surface area contributed by atoms with Crippen LogP contribution in [0.5, 0.6) is 0 Å². The van der Waals surface area contributed by atoms with E-state index in [1.165, 1.54) is 0 Å². The first-order valence-electron chi connectivity index (χ1n) is 6.80. The van der Waals surface area contributed by atoms with Gasteiger partial charge in [0.05, 0.1) is 23.0 Å². The highest BCUT2D eigenvalue weighted by Crippen LogP contribution is 2.27. The van der Waals surface area contributed by atoms with Crippen molar-refractivity contribution in [1.29, 1.82) is 0 Å². The van der Waals surface area contributed by atoms with E-state index in [1.54, 1.807) is 22.9 Å². The average Bonchev–Trinajstić information content (AvgIpc) is 3.11. The lowest BCUT2D eigenvalue weighted by Crippen LogP contribution is -2.40. The second kappa shape index (κ2) is 6.19. The first kappa shape index (κ1) is 14.0. The maximum absolute atomic E-state index is 12.2. The Morgan fingerprint density at radius 3 is 3.14 bits per heavy atom. The topological polar surface area (TPSA) is 87.0 Å². The Kier molecular flexibility index (Phi) is 4.12. The molecule has 2 aromatic rings. The van der Waals surface area contributed by atoms with Crippen molar-refractivity contribution in [2.24, 2.45) is 5.73 Å². The van der Waals surface area contributed by atoms with Crippen molar-refractivity contribution >= 4 is 28.8 Å². The molecular weight excluding hydrogens is 286 g/mol. The fraction of sp³-hybridized carbons (Fsp3) is 0.286. The Morgan fingerprint density at radius 1 is 1.48 bits per heavy atom. The zero-order valence-corrected chi connectivity index (χ0v) is 12.3. The van der Waals surface area contributed by atoms with Gasteiger partial charge in [-0.1, -0.05) is 12.1 Å². The number of fused-ring (bicyclic) bond motifs is 1. The largest absolute Gasteiger partial charge is 0.340 e. The number of amides is 2. The highest BCUT2D eigenvalue weighted by molar-refractivity contribution is 8.02. The lowest BCUT2D eigenvalue weighted by molar-refractivity contribution is 0.211. The zero-order chi connectivity index (χ0) is 14.7. The lowest BCUT2D eigenvalue weighted by Gasteiger charge is -2.22. The van der Waals surface area contributed by atoms with Crippen molar-refractivity contribution in [3.8, 4) is 0 Å². The van der Waals surface area contributed by atoms with Gasteiger partial charge in [0.25, 0.3) is 0 Å². The standard InChI is InChI=1S/C14H17N5OS/c15-6-5-13-19(7-8-21-13)14(20)16-9-12-17-10-3-1-2-4-11(10)18-12/h1-4,7-8,13H,5-6,9,15H2,(H,16,20)(H,17,18). The van der Waals surface area contributed by atoms with Crippen molar-refractivity contribution in [1.82, 2.24) is 20.2 Å². The second-order valence-corrected chi connectivity index (χ2v) is 5.81. The first-order chi connectivity index (χ1) is 10.3. The van der Waals surface area contributed by atoms with Crippen molar-refractivity contribution in [3.05, 3.63) is 41.7 Å². The fourth-order valence-electron chi connectivity index (χ4n) is 2.24. The number of thioether (sulfide) groups is 1. The molecule has 6 nitrogen and oxygen atoms in total. The molecular formula is C14H17N5OS. The summed E-state index contributed by atoms with van der Waals surface area (Å²) >= 11 is 1.61. The van der Waals surface area contributed by atoms with Gasteiger partial charge < -0.3 is 16.0 Å². The Hall–Kier alpha value is -1.99. The van der Waals surface area contributed by atoms with Gasteiger partial charge in [-0.25, -0.2) is 9.78 Å². The van der Waals surface area contributed by atoms with Gasteiger partial charge in [-0.15, -0.1) is 11.8 Å². The van der Waals surface area contributed by atoms with E-state index < -0.39 is 0 Å². The summed E-state index contributed by atoms with van der Waals surface area (Å²) in [5.41, 5.74) is 7.44. The van der Waals surface area contributed by atoms with E-state index in [4.69, 9.17) is 5.73 Å². The molecule has 1 aromatic carbocycles. The van der Waals surface area contributed by atoms with Gasteiger partial charge in [0.1, 0.15) is 5.82 Å². The van der Waals surface area contributed by atoms with Crippen LogP contribution >= 0.6 is 11.8 Å². The molecule has 0 radical (unpaired) electrons. The molecule has 7 heteroatoms. The van der Waals surface area contributed by atoms with Crippen LogP contribution in [-0.4, -0.2) is 32.8 Å². The van der Waals surface area contributed by atoms with Crippen molar-refractivity contribution < 1.29 is 4.79 Å². The number of nitrogens with two attached hydrogens (primary N) is 1. The molecule has 2 amide bonds. The SMILES string of the molecule is NCCC1SC=CN1C(=O)NCc1nc2ccccc2[nH]1. The monoisotopic (exact) mass is 303 g/mol. The molecule has 1 aliphatic rings. The molecule has 0 saturated heterocycles. The summed E-state index contributed by atoms with van der Waals surface area (Å²) < 4.78 is 0. The van der Waals surface area contributed by atoms with E-state index in [9.17, 15) is 4.79 Å². The Morgan fingerprint density at radius 2 is 2.33 bits per heavy atom. The van der Waals surface area contributed by atoms with Crippen molar-refractivity contribution in [2.75, 3.05) is 6.54 Å². The summed E-state index contributed by atoms with van der Waals surface area (Å²) in [7, 11) is 0. The van der Waals surface area contributed by atoms with E-state index in [0.717, 1.165) is 23.3 Å². The fourth-order valence-corrected chi connectivity index (χ4v) is 3.19. The minimum absolute atomic E-state index is 0.0886. The minimum Gasteiger partial charge on any atom is -0.340 e. The van der Waals surface area contributed by atoms with Crippen molar-refractivity contribution in [2.45, 2.75) is 18.3 Å². The predicted molar refractivity (Wildman–Crippen MR) is 84.4 cm³/mol. The third-order valence-electron chi connectivity index (χ3n) is 3.26. The number of para-hydroxylation sites is 2. The summed E-state index contributed by atoms with van der Waals surface area (Å²) in [5, 5.41) is 4.88. The van der Waals surface area contributed by atoms with Gasteiger partial charge in [-0.3, -0.25) is 4.90 Å². The smallest absolute Gasteiger partial charge is 0.322 e. The lowest BCUT2D eigenvalue weighted by atomic mass is 10.3. The molecule has 21 heavy (non-hydrogen) atoms. The molecule has 0 saturated carbocycles. The number of carbonyl (C=O) groups excluding carboxylic acids is 1. The van der Waals surface area contributed by atoms with Crippen LogP contribution in [0.3, 0.4) is 0 Å². The summed E-state index contributed by atoms with van der Waals surface area (Å²) in [6.07, 6.45) is 2.56. The molecule has 0 bridgehead atoms. The Bertz CT molecular complexity index is 635. The van der Waals surface area contributed by atoms with Crippen LogP contribution < -0.4 is 11.1 Å². The number of aromatic nitrogens is 2. The number of hydrogen-bond donors (Lipinski definition) is 3. The maximum atomic E-state index is 12.2. The average molecular weight is 303 g/mol. The number of H-pyrrole nitrogens is 1. The number of hydrogen-bond acceptors (Lipinski definition) is 4. The number of rotatable bonds is 4. The number of aromatic amines is 1. The van der Waals surface area contributed by atoms with Crippen molar-refractivity contribution in [3.63, 3.8) is 0 Å². The van der Waals surface area contributed by atoms with E-state index >= 15 is 0 Å². The van der Waals surface area contributed by atoms with E-state index in [1.807, 2.05) is 29.7 Å². The van der Waals surface area contributed by atoms with Crippen LogP contribution in [0.1, 0.15) is 12.2 Å². The molecule has 1 unspecified atom stereocenters. The van der Waals surface area contributed by atoms with Gasteiger partial charge in [0.15, 0.2) is 0 Å². The van der Waals surface area contributed by atoms with Gasteiger partial charge in [-0.2, -0.15) is 0 Å². The van der Waals surface area contributed by atoms with E-state index in [2.05, 4.69) is 15.3 Å². The predicted octanol–water partition coefficient (Wildman–Crippen LogP) is 1.97. The molecule has 110 valence electrons. The highest BCUT2D eigenvalue weighted by Gasteiger charge is 2.24. The molecule has 0 spiro atoms. The molecule has 2 heterocycles. The molecule has 4 N–H and O–H groups in total. The van der Waals surface area contributed by atoms with Gasteiger partial charge in [0, 0.05) is 6.20 Å². The molecule has 1 atom stereocenters. The van der Waals surface area contributed by atoms with Crippen LogP contribution in [0.15, 0.2) is 35.9 Å². The first-order valence-corrected chi connectivity index (χ1v) is 7.74. The normalized spacial score (nSPS) is 17.6.